The molecule has 0 aliphatic carbocycles. The third-order valence-electron chi connectivity index (χ3n) is 3.02. The lowest BCUT2D eigenvalue weighted by atomic mass is 10.0. The van der Waals surface area contributed by atoms with Crippen molar-refractivity contribution in [3.05, 3.63) is 40.1 Å². The Morgan fingerprint density at radius 2 is 1.84 bits per heavy atom. The van der Waals surface area contributed by atoms with E-state index in [0.29, 0.717) is 4.88 Å². The first-order valence-electron chi connectivity index (χ1n) is 5.98. The van der Waals surface area contributed by atoms with Crippen molar-refractivity contribution >= 4 is 23.0 Å². The van der Waals surface area contributed by atoms with Gasteiger partial charge < -0.3 is 9.64 Å². The molecule has 1 aromatic carbocycles. The zero-order chi connectivity index (χ0) is 14.0. The van der Waals surface area contributed by atoms with Crippen molar-refractivity contribution in [2.45, 2.75) is 6.92 Å². The zero-order valence-corrected chi connectivity index (χ0v) is 12.4. The van der Waals surface area contributed by atoms with E-state index in [4.69, 9.17) is 4.74 Å². The molecule has 2 rings (SSSR count). The summed E-state index contributed by atoms with van der Waals surface area (Å²) in [6.07, 6.45) is 0. The summed E-state index contributed by atoms with van der Waals surface area (Å²) >= 11 is 1.43. The van der Waals surface area contributed by atoms with Crippen molar-refractivity contribution in [1.82, 2.24) is 0 Å². The molecule has 0 N–H and O–H groups in total. The van der Waals surface area contributed by atoms with Crippen LogP contribution in [0.25, 0.3) is 11.1 Å². The predicted molar refractivity (Wildman–Crippen MR) is 80.2 cm³/mol. The maximum absolute atomic E-state index is 11.8. The molecule has 0 aliphatic heterocycles. The second kappa shape index (κ2) is 5.45. The summed E-state index contributed by atoms with van der Waals surface area (Å²) < 4.78 is 4.84. The number of aryl methyl sites for hydroxylation is 1. The maximum Gasteiger partial charge on any atom is 0.348 e. The van der Waals surface area contributed by atoms with Crippen LogP contribution in [0.4, 0.5) is 5.69 Å². The van der Waals surface area contributed by atoms with Gasteiger partial charge in [-0.3, -0.25) is 0 Å². The number of rotatable bonds is 3. The number of methoxy groups -OCH3 is 1. The van der Waals surface area contributed by atoms with E-state index in [1.807, 2.05) is 55.6 Å². The highest BCUT2D eigenvalue weighted by Crippen LogP contribution is 2.33. The van der Waals surface area contributed by atoms with Crippen molar-refractivity contribution in [2.75, 3.05) is 26.1 Å². The van der Waals surface area contributed by atoms with Crippen LogP contribution in [-0.2, 0) is 4.74 Å². The highest BCUT2D eigenvalue weighted by molar-refractivity contribution is 7.12. The summed E-state index contributed by atoms with van der Waals surface area (Å²) in [5.74, 6) is -0.273. The second-order valence-corrected chi connectivity index (χ2v) is 5.44. The third-order valence-corrected chi connectivity index (χ3v) is 4.10. The number of carbonyl (C=O) groups is 1. The van der Waals surface area contributed by atoms with Gasteiger partial charge in [0.05, 0.1) is 7.11 Å². The number of carbonyl (C=O) groups excluding carboxylic acids is 1. The van der Waals surface area contributed by atoms with Crippen molar-refractivity contribution in [1.29, 1.82) is 0 Å². The number of nitrogens with zero attached hydrogens (tertiary/aromatic N) is 1. The molecular formula is C15H17NO2S. The van der Waals surface area contributed by atoms with Crippen LogP contribution in [0.2, 0.25) is 0 Å². The smallest absolute Gasteiger partial charge is 0.348 e. The Balaban J connectivity index is 2.46. The molecule has 0 atom stereocenters. The molecule has 0 spiro atoms. The van der Waals surface area contributed by atoms with Crippen molar-refractivity contribution in [3.8, 4) is 11.1 Å². The molecule has 4 heteroatoms. The van der Waals surface area contributed by atoms with E-state index >= 15 is 0 Å². The Morgan fingerprint density at radius 1 is 1.21 bits per heavy atom. The Kier molecular flexibility index (Phi) is 3.90. The number of thiophene rings is 1. The Bertz CT molecular complexity index is 585. The highest BCUT2D eigenvalue weighted by atomic mass is 32.1. The van der Waals surface area contributed by atoms with E-state index in [0.717, 1.165) is 22.4 Å². The van der Waals surface area contributed by atoms with Gasteiger partial charge in [0.2, 0.25) is 0 Å². The number of hydrogen-bond donors (Lipinski definition) is 0. The van der Waals surface area contributed by atoms with Gasteiger partial charge in [-0.05, 0) is 35.6 Å². The molecule has 0 amide bonds. The lowest BCUT2D eigenvalue weighted by Gasteiger charge is -2.13. The Labute approximate surface area is 117 Å². The van der Waals surface area contributed by atoms with Crippen molar-refractivity contribution in [3.63, 3.8) is 0 Å². The van der Waals surface area contributed by atoms with E-state index in [1.165, 1.54) is 18.4 Å². The highest BCUT2D eigenvalue weighted by Gasteiger charge is 2.17. The van der Waals surface area contributed by atoms with Gasteiger partial charge >= 0.3 is 5.97 Å². The normalized spacial score (nSPS) is 10.3. The number of hydrogen-bond acceptors (Lipinski definition) is 4. The summed E-state index contributed by atoms with van der Waals surface area (Å²) in [7, 11) is 5.42. The summed E-state index contributed by atoms with van der Waals surface area (Å²) in [4.78, 5) is 14.5. The molecule has 0 bridgehead atoms. The molecule has 100 valence electrons. The minimum absolute atomic E-state index is 0.273. The van der Waals surface area contributed by atoms with E-state index < -0.39 is 0 Å². The van der Waals surface area contributed by atoms with Gasteiger partial charge in [0.25, 0.3) is 0 Å². The fraction of sp³-hybridized carbons (Fsp3) is 0.267. The molecule has 1 heterocycles. The zero-order valence-electron chi connectivity index (χ0n) is 11.6. The Morgan fingerprint density at radius 3 is 2.37 bits per heavy atom. The van der Waals surface area contributed by atoms with E-state index in [-0.39, 0.29) is 5.97 Å². The van der Waals surface area contributed by atoms with E-state index in [9.17, 15) is 4.79 Å². The summed E-state index contributed by atoms with van der Waals surface area (Å²) in [6, 6.07) is 8.18. The van der Waals surface area contributed by atoms with Gasteiger partial charge in [-0.1, -0.05) is 12.1 Å². The van der Waals surface area contributed by atoms with Crippen LogP contribution in [0.1, 0.15) is 15.2 Å². The lowest BCUT2D eigenvalue weighted by Crippen LogP contribution is -2.08. The molecule has 3 nitrogen and oxygen atoms in total. The first-order valence-corrected chi connectivity index (χ1v) is 6.86. The van der Waals surface area contributed by atoms with E-state index in [2.05, 4.69) is 0 Å². The largest absolute Gasteiger partial charge is 0.465 e. The molecule has 2 aromatic rings. The predicted octanol–water partition coefficient (Wildman–Crippen LogP) is 3.58. The van der Waals surface area contributed by atoms with Gasteiger partial charge in [0.1, 0.15) is 4.88 Å². The Hall–Kier alpha value is -1.81. The molecule has 0 saturated heterocycles. The average Bonchev–Trinajstić information content (AvgIpc) is 2.80. The fourth-order valence-corrected chi connectivity index (χ4v) is 2.96. The number of ether oxygens (including phenoxy) is 1. The van der Waals surface area contributed by atoms with Crippen LogP contribution in [0.15, 0.2) is 29.6 Å². The molecule has 0 aliphatic rings. The first-order chi connectivity index (χ1) is 9.04. The summed E-state index contributed by atoms with van der Waals surface area (Å²) in [6.45, 7) is 2.01. The topological polar surface area (TPSA) is 29.5 Å². The number of benzene rings is 1. The first kappa shape index (κ1) is 13.6. The molecule has 19 heavy (non-hydrogen) atoms. The molecule has 1 aromatic heterocycles. The summed E-state index contributed by atoms with van der Waals surface area (Å²) in [5.41, 5.74) is 4.26. The van der Waals surface area contributed by atoms with Crippen molar-refractivity contribution in [2.24, 2.45) is 0 Å². The number of esters is 1. The lowest BCUT2D eigenvalue weighted by molar-refractivity contribution is 0.0607. The minimum Gasteiger partial charge on any atom is -0.465 e. The second-order valence-electron chi connectivity index (χ2n) is 4.56. The average molecular weight is 275 g/mol. The third kappa shape index (κ3) is 2.63. The minimum atomic E-state index is -0.273. The van der Waals surface area contributed by atoms with Gasteiger partial charge in [0, 0.05) is 25.3 Å². The van der Waals surface area contributed by atoms with Gasteiger partial charge in [-0.2, -0.15) is 0 Å². The van der Waals surface area contributed by atoms with E-state index in [1.54, 1.807) is 0 Å². The van der Waals surface area contributed by atoms with Crippen molar-refractivity contribution < 1.29 is 9.53 Å². The standard InChI is InChI=1S/C15H17NO2S/c1-10-9-19-14(15(17)18-4)13(10)11-5-7-12(8-6-11)16(2)3/h5-9H,1-4H3. The monoisotopic (exact) mass is 275 g/mol. The molecular weight excluding hydrogens is 258 g/mol. The van der Waals surface area contributed by atoms with Crippen LogP contribution in [0, 0.1) is 6.92 Å². The van der Waals surface area contributed by atoms with Crippen LogP contribution in [0.5, 0.6) is 0 Å². The molecule has 0 unspecified atom stereocenters. The van der Waals surface area contributed by atoms with Crippen LogP contribution >= 0.6 is 11.3 Å². The number of anilines is 1. The van der Waals surface area contributed by atoms with Gasteiger partial charge in [-0.25, -0.2) is 4.79 Å². The van der Waals surface area contributed by atoms with Crippen LogP contribution < -0.4 is 4.90 Å². The summed E-state index contributed by atoms with van der Waals surface area (Å²) in [5, 5.41) is 1.99. The molecule has 0 radical (unpaired) electrons. The SMILES string of the molecule is COC(=O)c1scc(C)c1-c1ccc(N(C)C)cc1. The quantitative estimate of drug-likeness (QED) is 0.802. The fourth-order valence-electron chi connectivity index (χ4n) is 1.97. The van der Waals surface area contributed by atoms with Gasteiger partial charge in [-0.15, -0.1) is 11.3 Å². The maximum atomic E-state index is 11.8. The molecule has 0 saturated carbocycles. The van der Waals surface area contributed by atoms with Crippen LogP contribution in [0.3, 0.4) is 0 Å². The van der Waals surface area contributed by atoms with Crippen LogP contribution in [-0.4, -0.2) is 27.2 Å². The molecule has 0 fully saturated rings. The van der Waals surface area contributed by atoms with Gasteiger partial charge in [0.15, 0.2) is 0 Å².